The number of carbonyl (C=O) groups is 1. The number of halogens is 1. The Morgan fingerprint density at radius 2 is 1.94 bits per heavy atom. The number of anilines is 1. The van der Waals surface area contributed by atoms with Gasteiger partial charge in [-0.25, -0.2) is 24.1 Å². The highest BCUT2D eigenvalue weighted by molar-refractivity contribution is 5.73. The number of hydrogen-bond acceptors (Lipinski definition) is 8. The lowest BCUT2D eigenvalue weighted by molar-refractivity contribution is -0.00294. The third-order valence-corrected chi connectivity index (χ3v) is 7.33. The van der Waals surface area contributed by atoms with E-state index in [1.54, 1.807) is 6.20 Å². The Labute approximate surface area is 198 Å². The van der Waals surface area contributed by atoms with Crippen molar-refractivity contribution in [3.63, 3.8) is 0 Å². The minimum atomic E-state index is -0.399. The van der Waals surface area contributed by atoms with Gasteiger partial charge >= 0.3 is 6.09 Å². The van der Waals surface area contributed by atoms with Crippen molar-refractivity contribution in [1.29, 1.82) is 0 Å². The van der Waals surface area contributed by atoms with E-state index in [9.17, 15) is 9.18 Å². The van der Waals surface area contributed by atoms with E-state index in [1.165, 1.54) is 25.6 Å². The van der Waals surface area contributed by atoms with Crippen molar-refractivity contribution >= 4 is 11.9 Å². The minimum Gasteiger partial charge on any atom is -0.480 e. The first-order valence-corrected chi connectivity index (χ1v) is 11.9. The zero-order valence-corrected chi connectivity index (χ0v) is 19.7. The Morgan fingerprint density at radius 3 is 2.62 bits per heavy atom. The summed E-state index contributed by atoms with van der Waals surface area (Å²) >= 11 is 0. The molecule has 10 heteroatoms. The van der Waals surface area contributed by atoms with Crippen LogP contribution in [0.5, 0.6) is 5.88 Å². The average Bonchev–Trinajstić information content (AvgIpc) is 3.29. The highest BCUT2D eigenvalue weighted by Gasteiger charge is 2.51. The standard InChI is InChI=1S/C24H31FN6O3/c1-3-34-23(32)31-15-24(16-31)5-4-18(11-24)29-6-8-30(9-7-29)22-19(10-17(25)12-28-22)20-13-27-21(33-2)14-26-20/h10,12-14,18H,3-9,11,15-16H2,1-2H3/t18-/m1/s1. The lowest BCUT2D eigenvalue weighted by atomic mass is 9.78. The summed E-state index contributed by atoms with van der Waals surface area (Å²) < 4.78 is 24.3. The van der Waals surface area contributed by atoms with Crippen LogP contribution in [-0.2, 0) is 4.74 Å². The number of nitrogens with zero attached hydrogens (tertiary/aromatic N) is 6. The smallest absolute Gasteiger partial charge is 0.409 e. The summed E-state index contributed by atoms with van der Waals surface area (Å²) in [6.07, 6.45) is 7.65. The number of methoxy groups -OCH3 is 1. The van der Waals surface area contributed by atoms with Crippen LogP contribution >= 0.6 is 0 Å². The quantitative estimate of drug-likeness (QED) is 0.660. The summed E-state index contributed by atoms with van der Waals surface area (Å²) in [5, 5.41) is 0. The topological polar surface area (TPSA) is 83.9 Å². The van der Waals surface area contributed by atoms with E-state index in [1.807, 2.05) is 11.8 Å². The van der Waals surface area contributed by atoms with Crippen molar-refractivity contribution in [3.05, 3.63) is 30.5 Å². The van der Waals surface area contributed by atoms with Crippen molar-refractivity contribution in [3.8, 4) is 17.1 Å². The number of hydrogen-bond donors (Lipinski definition) is 0. The molecule has 2 aromatic rings. The molecule has 34 heavy (non-hydrogen) atoms. The van der Waals surface area contributed by atoms with Crippen molar-refractivity contribution in [2.45, 2.75) is 32.2 Å². The molecule has 1 spiro atoms. The Hall–Kier alpha value is -3.01. The average molecular weight is 471 g/mol. The van der Waals surface area contributed by atoms with Gasteiger partial charge in [-0.2, -0.15) is 0 Å². The number of rotatable bonds is 5. The van der Waals surface area contributed by atoms with Crippen molar-refractivity contribution in [2.75, 3.05) is 57.9 Å². The van der Waals surface area contributed by atoms with Crippen LogP contribution in [0.15, 0.2) is 24.7 Å². The molecule has 1 aliphatic carbocycles. The number of ether oxygens (including phenoxy) is 2. The second-order valence-electron chi connectivity index (χ2n) is 9.44. The molecule has 3 aliphatic rings. The Morgan fingerprint density at radius 1 is 1.15 bits per heavy atom. The number of amides is 1. The van der Waals surface area contributed by atoms with Gasteiger partial charge in [0.2, 0.25) is 5.88 Å². The molecule has 2 saturated heterocycles. The van der Waals surface area contributed by atoms with E-state index in [4.69, 9.17) is 9.47 Å². The lowest BCUT2D eigenvalue weighted by Crippen LogP contribution is -2.58. The number of likely N-dealkylation sites (tertiary alicyclic amines) is 1. The van der Waals surface area contributed by atoms with Gasteiger partial charge in [-0.3, -0.25) is 4.90 Å². The molecule has 5 rings (SSSR count). The summed E-state index contributed by atoms with van der Waals surface area (Å²) in [6, 6.07) is 2.01. The molecule has 2 aromatic heterocycles. The summed E-state index contributed by atoms with van der Waals surface area (Å²) in [5.41, 5.74) is 1.46. The summed E-state index contributed by atoms with van der Waals surface area (Å²) in [7, 11) is 1.53. The predicted octanol–water partition coefficient (Wildman–Crippen LogP) is 2.82. The number of piperazine rings is 1. The van der Waals surface area contributed by atoms with Crippen LogP contribution in [-0.4, -0.2) is 89.9 Å². The van der Waals surface area contributed by atoms with E-state index in [-0.39, 0.29) is 11.5 Å². The van der Waals surface area contributed by atoms with E-state index in [0.717, 1.165) is 64.3 Å². The van der Waals surface area contributed by atoms with Gasteiger partial charge in [0.25, 0.3) is 0 Å². The van der Waals surface area contributed by atoms with Crippen LogP contribution in [0.1, 0.15) is 26.2 Å². The fourth-order valence-corrected chi connectivity index (χ4v) is 5.62. The highest BCUT2D eigenvalue weighted by atomic mass is 19.1. The number of pyridine rings is 1. The van der Waals surface area contributed by atoms with Crippen LogP contribution in [0.3, 0.4) is 0 Å². The Bertz CT molecular complexity index is 1020. The Balaban J connectivity index is 1.21. The van der Waals surface area contributed by atoms with Gasteiger partial charge in [0, 0.05) is 56.3 Å². The van der Waals surface area contributed by atoms with Gasteiger partial charge in [0.05, 0.1) is 38.0 Å². The summed E-state index contributed by atoms with van der Waals surface area (Å²) in [5.74, 6) is 0.741. The normalized spacial score (nSPS) is 22.0. The fraction of sp³-hybridized carbons (Fsp3) is 0.583. The van der Waals surface area contributed by atoms with Crippen molar-refractivity contribution < 1.29 is 18.7 Å². The molecule has 3 fully saturated rings. The number of aromatic nitrogens is 3. The van der Waals surface area contributed by atoms with Gasteiger partial charge < -0.3 is 19.3 Å². The molecule has 9 nitrogen and oxygen atoms in total. The SMILES string of the molecule is CCOC(=O)N1CC2(CC[C@@H](N3CCN(c4ncc(F)cc4-c4cnc(OC)cn4)CC3)C2)C1. The molecule has 4 heterocycles. The largest absolute Gasteiger partial charge is 0.480 e. The zero-order chi connectivity index (χ0) is 23.7. The predicted molar refractivity (Wildman–Crippen MR) is 124 cm³/mol. The molecule has 0 N–H and O–H groups in total. The fourth-order valence-electron chi connectivity index (χ4n) is 5.62. The third kappa shape index (κ3) is 4.38. The molecule has 0 bridgehead atoms. The molecule has 2 aliphatic heterocycles. The van der Waals surface area contributed by atoms with Gasteiger partial charge in [-0.15, -0.1) is 0 Å². The summed E-state index contributed by atoms with van der Waals surface area (Å²) in [4.78, 5) is 31.6. The van der Waals surface area contributed by atoms with Crippen LogP contribution in [0.4, 0.5) is 15.0 Å². The van der Waals surface area contributed by atoms with E-state index in [0.29, 0.717) is 29.8 Å². The van der Waals surface area contributed by atoms with Crippen LogP contribution < -0.4 is 9.64 Å². The van der Waals surface area contributed by atoms with Crippen molar-refractivity contribution in [2.24, 2.45) is 5.41 Å². The Kier molecular flexibility index (Phi) is 6.24. The first-order chi connectivity index (χ1) is 16.5. The molecular formula is C24H31FN6O3. The van der Waals surface area contributed by atoms with Crippen LogP contribution in [0.25, 0.3) is 11.3 Å². The van der Waals surface area contributed by atoms with E-state index < -0.39 is 5.82 Å². The van der Waals surface area contributed by atoms with Gasteiger partial charge in [-0.1, -0.05) is 0 Å². The molecule has 0 unspecified atom stereocenters. The van der Waals surface area contributed by atoms with Gasteiger partial charge in [0.1, 0.15) is 11.6 Å². The molecule has 1 amide bonds. The first-order valence-electron chi connectivity index (χ1n) is 11.9. The van der Waals surface area contributed by atoms with Crippen LogP contribution in [0.2, 0.25) is 0 Å². The third-order valence-electron chi connectivity index (χ3n) is 7.33. The number of carbonyl (C=O) groups excluding carboxylic acids is 1. The zero-order valence-electron chi connectivity index (χ0n) is 19.7. The lowest BCUT2D eigenvalue weighted by Gasteiger charge is -2.48. The maximum absolute atomic E-state index is 14.0. The maximum Gasteiger partial charge on any atom is 0.409 e. The summed E-state index contributed by atoms with van der Waals surface area (Å²) in [6.45, 7) is 7.37. The second kappa shape index (κ2) is 9.32. The van der Waals surface area contributed by atoms with E-state index in [2.05, 4.69) is 24.8 Å². The highest BCUT2D eigenvalue weighted by Crippen LogP contribution is 2.47. The molecule has 1 atom stereocenters. The molecular weight excluding hydrogens is 439 g/mol. The van der Waals surface area contributed by atoms with Gasteiger partial charge in [-0.05, 0) is 32.3 Å². The monoisotopic (exact) mass is 470 g/mol. The van der Waals surface area contributed by atoms with Crippen molar-refractivity contribution in [1.82, 2.24) is 24.8 Å². The van der Waals surface area contributed by atoms with Gasteiger partial charge in [0.15, 0.2) is 0 Å². The second-order valence-corrected chi connectivity index (χ2v) is 9.44. The van der Waals surface area contributed by atoms with E-state index >= 15 is 0 Å². The maximum atomic E-state index is 14.0. The molecule has 0 radical (unpaired) electrons. The minimum absolute atomic E-state index is 0.186. The molecule has 0 aromatic carbocycles. The molecule has 182 valence electrons. The van der Waals surface area contributed by atoms with Crippen LogP contribution in [0, 0.1) is 11.2 Å². The molecule has 1 saturated carbocycles. The first kappa shape index (κ1) is 22.8.